The highest BCUT2D eigenvalue weighted by molar-refractivity contribution is 5.85. The third kappa shape index (κ3) is 2.73. The number of nitrogens with one attached hydrogen (secondary N) is 1. The number of nitrogens with zero attached hydrogens (tertiary/aromatic N) is 1. The molecule has 1 N–H and O–H groups in total. The number of hydrogen-bond donors (Lipinski definition) is 1. The minimum Gasteiger partial charge on any atom is -0.467 e. The molecule has 1 saturated heterocycles. The van der Waals surface area contributed by atoms with E-state index in [1.165, 1.54) is 12.7 Å². The molecule has 104 valence electrons. The normalized spacial score (nSPS) is 27.3. The lowest BCUT2D eigenvalue weighted by Crippen LogP contribution is -2.49. The summed E-state index contributed by atoms with van der Waals surface area (Å²) < 4.78 is 5.01. The van der Waals surface area contributed by atoms with Crippen LogP contribution in [0.25, 0.3) is 0 Å². The molecule has 1 aliphatic heterocycles. The van der Waals surface area contributed by atoms with E-state index in [9.17, 15) is 4.79 Å². The molecule has 4 nitrogen and oxygen atoms in total. The van der Waals surface area contributed by atoms with Gasteiger partial charge >= 0.3 is 5.97 Å². The van der Waals surface area contributed by atoms with Gasteiger partial charge in [0, 0.05) is 18.3 Å². The minimum atomic E-state index is -0.642. The van der Waals surface area contributed by atoms with Crippen molar-refractivity contribution >= 4 is 11.7 Å². The highest BCUT2D eigenvalue weighted by Crippen LogP contribution is 2.31. The lowest BCUT2D eigenvalue weighted by atomic mass is 9.95. The van der Waals surface area contributed by atoms with E-state index in [2.05, 4.69) is 17.1 Å². The monoisotopic (exact) mass is 262 g/mol. The largest absolute Gasteiger partial charge is 0.467 e. The van der Waals surface area contributed by atoms with Crippen molar-refractivity contribution in [1.82, 2.24) is 4.90 Å². The molecule has 1 aliphatic rings. The molecule has 2 atom stereocenters. The molecule has 1 fully saturated rings. The Hall–Kier alpha value is -1.55. The second kappa shape index (κ2) is 5.21. The first kappa shape index (κ1) is 13.9. The number of rotatable bonds is 3. The van der Waals surface area contributed by atoms with Gasteiger partial charge in [-0.1, -0.05) is 12.1 Å². The van der Waals surface area contributed by atoms with Crippen LogP contribution >= 0.6 is 0 Å². The Kier molecular flexibility index (Phi) is 3.80. The smallest absolute Gasteiger partial charge is 0.332 e. The van der Waals surface area contributed by atoms with Gasteiger partial charge in [-0.25, -0.2) is 4.79 Å². The van der Waals surface area contributed by atoms with E-state index in [1.54, 1.807) is 0 Å². The van der Waals surface area contributed by atoms with E-state index in [0.29, 0.717) is 12.6 Å². The molecule has 1 aromatic carbocycles. The molecule has 4 heteroatoms. The highest BCUT2D eigenvalue weighted by Gasteiger charge is 2.47. The van der Waals surface area contributed by atoms with Crippen molar-refractivity contribution in [3.8, 4) is 0 Å². The summed E-state index contributed by atoms with van der Waals surface area (Å²) in [5, 5.41) is 3.39. The molecule has 0 amide bonds. The molecule has 0 radical (unpaired) electrons. The van der Waals surface area contributed by atoms with Crippen LogP contribution in [0.5, 0.6) is 0 Å². The second-order valence-electron chi connectivity index (χ2n) is 5.54. The van der Waals surface area contributed by atoms with Crippen molar-refractivity contribution in [2.24, 2.45) is 0 Å². The molecule has 0 saturated carbocycles. The molecule has 0 aromatic heterocycles. The zero-order valence-electron chi connectivity index (χ0n) is 12.1. The number of carbonyl (C=O) groups excluding carboxylic acids is 1. The summed E-state index contributed by atoms with van der Waals surface area (Å²) >= 11 is 0. The maximum atomic E-state index is 12.2. The van der Waals surface area contributed by atoms with Crippen molar-refractivity contribution in [2.45, 2.75) is 31.8 Å². The molecule has 0 spiro atoms. The summed E-state index contributed by atoms with van der Waals surface area (Å²) in [6.07, 6.45) is 0.754. The standard InChI is InChI=1S/C15H22N2O2/c1-11-6-5-7-13(8-11)16-15(14(18)19-4)9-12(2)17(3)10-15/h5-8,12,16H,9-10H2,1-4H3. The summed E-state index contributed by atoms with van der Waals surface area (Å²) in [6.45, 7) is 4.83. The maximum absolute atomic E-state index is 12.2. The third-order valence-corrected chi connectivity index (χ3v) is 3.89. The summed E-state index contributed by atoms with van der Waals surface area (Å²) in [5.41, 5.74) is 1.49. The third-order valence-electron chi connectivity index (χ3n) is 3.89. The van der Waals surface area contributed by atoms with E-state index in [0.717, 1.165) is 12.1 Å². The van der Waals surface area contributed by atoms with Crippen molar-refractivity contribution < 1.29 is 9.53 Å². The molecular weight excluding hydrogens is 240 g/mol. The fourth-order valence-electron chi connectivity index (χ4n) is 2.79. The second-order valence-corrected chi connectivity index (χ2v) is 5.54. The quantitative estimate of drug-likeness (QED) is 0.846. The lowest BCUT2D eigenvalue weighted by Gasteiger charge is -2.28. The Morgan fingerprint density at radius 2 is 2.26 bits per heavy atom. The zero-order valence-corrected chi connectivity index (χ0v) is 12.1. The summed E-state index contributed by atoms with van der Waals surface area (Å²) in [5.74, 6) is -0.190. The SMILES string of the molecule is COC(=O)C1(Nc2cccc(C)c2)CC(C)N(C)C1. The molecular formula is C15H22N2O2. The maximum Gasteiger partial charge on any atom is 0.332 e. The lowest BCUT2D eigenvalue weighted by molar-refractivity contribution is -0.145. The van der Waals surface area contributed by atoms with Crippen molar-refractivity contribution in [1.29, 1.82) is 0 Å². The molecule has 0 aliphatic carbocycles. The first-order chi connectivity index (χ1) is 8.97. The minimum absolute atomic E-state index is 0.190. The number of likely N-dealkylation sites (N-methyl/N-ethyl adjacent to an activating group) is 1. The Morgan fingerprint density at radius 1 is 1.53 bits per heavy atom. The van der Waals surface area contributed by atoms with Gasteiger partial charge in [0.1, 0.15) is 5.54 Å². The van der Waals surface area contributed by atoms with Crippen LogP contribution in [0.1, 0.15) is 18.9 Å². The first-order valence-corrected chi connectivity index (χ1v) is 6.60. The predicted octanol–water partition coefficient (Wildman–Crippen LogP) is 2.04. The van der Waals surface area contributed by atoms with Crippen LogP contribution in [-0.4, -0.2) is 43.2 Å². The van der Waals surface area contributed by atoms with E-state index < -0.39 is 5.54 Å². The van der Waals surface area contributed by atoms with Gasteiger partial charge in [0.15, 0.2) is 0 Å². The van der Waals surface area contributed by atoms with E-state index in [-0.39, 0.29) is 5.97 Å². The number of hydrogen-bond acceptors (Lipinski definition) is 4. The van der Waals surface area contributed by atoms with Crippen LogP contribution in [0.4, 0.5) is 5.69 Å². The molecule has 1 heterocycles. The predicted molar refractivity (Wildman–Crippen MR) is 76.3 cm³/mol. The number of benzene rings is 1. The van der Waals surface area contributed by atoms with Crippen LogP contribution in [-0.2, 0) is 9.53 Å². The van der Waals surface area contributed by atoms with Gasteiger partial charge in [-0.15, -0.1) is 0 Å². The number of ether oxygens (including phenoxy) is 1. The zero-order chi connectivity index (χ0) is 14.0. The molecule has 2 unspecified atom stereocenters. The van der Waals surface area contributed by atoms with E-state index in [1.807, 2.05) is 38.2 Å². The number of esters is 1. The van der Waals surface area contributed by atoms with E-state index in [4.69, 9.17) is 4.74 Å². The van der Waals surface area contributed by atoms with Gasteiger partial charge < -0.3 is 15.0 Å². The van der Waals surface area contributed by atoms with Crippen molar-refractivity contribution in [3.63, 3.8) is 0 Å². The van der Waals surface area contributed by atoms with Gasteiger partial charge in [0.2, 0.25) is 0 Å². The van der Waals surface area contributed by atoms with Crippen LogP contribution < -0.4 is 5.32 Å². The number of anilines is 1. The van der Waals surface area contributed by atoms with Gasteiger partial charge in [-0.3, -0.25) is 0 Å². The summed E-state index contributed by atoms with van der Waals surface area (Å²) in [6, 6.07) is 8.43. The average Bonchev–Trinajstić information content (AvgIpc) is 2.64. The number of aryl methyl sites for hydroxylation is 1. The number of carbonyl (C=O) groups is 1. The van der Waals surface area contributed by atoms with Crippen LogP contribution in [0.3, 0.4) is 0 Å². The van der Waals surface area contributed by atoms with Crippen LogP contribution in [0.2, 0.25) is 0 Å². The Balaban J connectivity index is 2.27. The molecule has 19 heavy (non-hydrogen) atoms. The van der Waals surface area contributed by atoms with Gasteiger partial charge in [0.25, 0.3) is 0 Å². The topological polar surface area (TPSA) is 41.6 Å². The fraction of sp³-hybridized carbons (Fsp3) is 0.533. The number of methoxy groups -OCH3 is 1. The molecule has 1 aromatic rings. The van der Waals surface area contributed by atoms with Crippen molar-refractivity contribution in [3.05, 3.63) is 29.8 Å². The van der Waals surface area contributed by atoms with Crippen molar-refractivity contribution in [2.75, 3.05) is 26.0 Å². The number of likely N-dealkylation sites (tertiary alicyclic amines) is 1. The highest BCUT2D eigenvalue weighted by atomic mass is 16.5. The fourth-order valence-corrected chi connectivity index (χ4v) is 2.79. The van der Waals surface area contributed by atoms with Crippen LogP contribution in [0.15, 0.2) is 24.3 Å². The Morgan fingerprint density at radius 3 is 2.79 bits per heavy atom. The van der Waals surface area contributed by atoms with E-state index >= 15 is 0 Å². The molecule has 2 rings (SSSR count). The Labute approximate surface area is 114 Å². The average molecular weight is 262 g/mol. The van der Waals surface area contributed by atoms with Gasteiger partial charge in [-0.05, 0) is 45.0 Å². The Bertz CT molecular complexity index is 463. The van der Waals surface area contributed by atoms with Crippen LogP contribution in [0, 0.1) is 6.92 Å². The van der Waals surface area contributed by atoms with Gasteiger partial charge in [0.05, 0.1) is 7.11 Å². The molecule has 0 bridgehead atoms. The first-order valence-electron chi connectivity index (χ1n) is 6.60. The van der Waals surface area contributed by atoms with Gasteiger partial charge in [-0.2, -0.15) is 0 Å². The summed E-state index contributed by atoms with van der Waals surface area (Å²) in [4.78, 5) is 14.4. The summed E-state index contributed by atoms with van der Waals surface area (Å²) in [7, 11) is 3.48.